The van der Waals surface area contributed by atoms with Gasteiger partial charge in [-0.25, -0.2) is 4.68 Å². The van der Waals surface area contributed by atoms with Crippen molar-refractivity contribution in [2.24, 2.45) is 0 Å². The van der Waals surface area contributed by atoms with Crippen molar-refractivity contribution in [3.63, 3.8) is 0 Å². The van der Waals surface area contributed by atoms with Crippen molar-refractivity contribution >= 4 is 34.7 Å². The van der Waals surface area contributed by atoms with E-state index in [-0.39, 0.29) is 29.0 Å². The maximum absolute atomic E-state index is 13.6. The zero-order valence-corrected chi connectivity index (χ0v) is 15.7. The highest BCUT2D eigenvalue weighted by Crippen LogP contribution is 2.46. The van der Waals surface area contributed by atoms with Crippen LogP contribution in [-0.4, -0.2) is 27.9 Å². The molecule has 2 aromatic rings. The summed E-state index contributed by atoms with van der Waals surface area (Å²) in [5.74, 6) is -0.561. The Hall–Kier alpha value is -1.74. The van der Waals surface area contributed by atoms with Gasteiger partial charge in [0.05, 0.1) is 6.04 Å². The van der Waals surface area contributed by atoms with Gasteiger partial charge in [-0.1, -0.05) is 24.6 Å². The van der Waals surface area contributed by atoms with Crippen LogP contribution in [0.3, 0.4) is 0 Å². The molecule has 142 valence electrons. The van der Waals surface area contributed by atoms with Crippen molar-refractivity contribution in [3.05, 3.63) is 33.1 Å². The molecule has 1 aliphatic heterocycles. The summed E-state index contributed by atoms with van der Waals surface area (Å²) >= 11 is 7.60. The predicted octanol–water partition coefficient (Wildman–Crippen LogP) is 4.79. The molecule has 5 nitrogen and oxygen atoms in total. The molecule has 0 saturated heterocycles. The number of aromatic nitrogens is 2. The van der Waals surface area contributed by atoms with Gasteiger partial charge in [-0.3, -0.25) is 4.79 Å². The summed E-state index contributed by atoms with van der Waals surface area (Å²) in [5.41, 5.74) is -0.199. The molecule has 0 bridgehead atoms. The second kappa shape index (κ2) is 7.11. The minimum Gasteiger partial charge on any atom is -0.361 e. The Bertz CT molecular complexity index is 790. The van der Waals surface area contributed by atoms with Crippen molar-refractivity contribution in [1.82, 2.24) is 15.1 Å². The first-order valence-corrected chi connectivity index (χ1v) is 9.43. The monoisotopic (exact) mass is 406 g/mol. The Morgan fingerprint density at radius 2 is 2.31 bits per heavy atom. The van der Waals surface area contributed by atoms with Gasteiger partial charge >= 0.3 is 6.18 Å². The molecule has 3 heterocycles. The van der Waals surface area contributed by atoms with Gasteiger partial charge < -0.3 is 10.6 Å². The fourth-order valence-electron chi connectivity index (χ4n) is 2.80. The molecule has 10 heteroatoms. The molecule has 26 heavy (non-hydrogen) atoms. The van der Waals surface area contributed by atoms with Gasteiger partial charge in [0.15, 0.2) is 11.7 Å². The van der Waals surface area contributed by atoms with E-state index in [0.29, 0.717) is 6.42 Å². The SMILES string of the molecule is CC[C@H](C)NC(=O)c1nn2c(c1Cl)N[C@@H](c1cccs1)C[C@H]2C(F)(F)F. The number of alkyl halides is 3. The number of nitrogens with zero attached hydrogens (tertiary/aromatic N) is 2. The van der Waals surface area contributed by atoms with E-state index in [1.165, 1.54) is 11.3 Å². The summed E-state index contributed by atoms with van der Waals surface area (Å²) in [5, 5.41) is 11.3. The summed E-state index contributed by atoms with van der Waals surface area (Å²) in [6.45, 7) is 3.68. The minimum absolute atomic E-state index is 0.0212. The second-order valence-electron chi connectivity index (χ2n) is 6.24. The van der Waals surface area contributed by atoms with Crippen LogP contribution >= 0.6 is 22.9 Å². The van der Waals surface area contributed by atoms with Crippen LogP contribution in [0.15, 0.2) is 17.5 Å². The van der Waals surface area contributed by atoms with Crippen LogP contribution in [0.2, 0.25) is 5.02 Å². The highest BCUT2D eigenvalue weighted by atomic mass is 35.5. The summed E-state index contributed by atoms with van der Waals surface area (Å²) in [6.07, 6.45) is -4.05. The van der Waals surface area contributed by atoms with Gasteiger partial charge in [0.25, 0.3) is 5.91 Å². The number of hydrogen-bond donors (Lipinski definition) is 2. The molecule has 0 aromatic carbocycles. The number of anilines is 1. The van der Waals surface area contributed by atoms with Gasteiger partial charge in [0.2, 0.25) is 0 Å². The molecule has 3 rings (SSSR count). The Balaban J connectivity index is 2.00. The maximum atomic E-state index is 13.6. The Morgan fingerprint density at radius 1 is 1.58 bits per heavy atom. The van der Waals surface area contributed by atoms with Gasteiger partial charge in [-0.2, -0.15) is 18.3 Å². The highest BCUT2D eigenvalue weighted by molar-refractivity contribution is 7.10. The number of halogens is 4. The molecule has 0 fully saturated rings. The maximum Gasteiger partial charge on any atom is 0.410 e. The van der Waals surface area contributed by atoms with E-state index >= 15 is 0 Å². The van der Waals surface area contributed by atoms with Gasteiger partial charge in [-0.15, -0.1) is 11.3 Å². The van der Waals surface area contributed by atoms with E-state index in [1.807, 2.05) is 6.92 Å². The molecular formula is C16H18ClF3N4OS. The number of carbonyl (C=O) groups excluding carboxylic acids is 1. The van der Waals surface area contributed by atoms with Crippen LogP contribution in [0.4, 0.5) is 19.0 Å². The average molecular weight is 407 g/mol. The van der Waals surface area contributed by atoms with Crippen LogP contribution < -0.4 is 10.6 Å². The second-order valence-corrected chi connectivity index (χ2v) is 7.60. The molecule has 0 radical (unpaired) electrons. The third kappa shape index (κ3) is 3.55. The molecule has 1 aliphatic rings. The molecule has 0 aliphatic carbocycles. The normalized spacial score (nSPS) is 21.0. The molecule has 0 saturated carbocycles. The van der Waals surface area contributed by atoms with E-state index < -0.39 is 24.2 Å². The predicted molar refractivity (Wildman–Crippen MR) is 94.8 cm³/mol. The Kier molecular flexibility index (Phi) is 5.21. The Morgan fingerprint density at radius 3 is 2.88 bits per heavy atom. The Labute approximate surface area is 157 Å². The third-order valence-electron chi connectivity index (χ3n) is 4.39. The summed E-state index contributed by atoms with van der Waals surface area (Å²) in [6, 6.07) is 1.01. The first-order valence-electron chi connectivity index (χ1n) is 8.17. The van der Waals surface area contributed by atoms with E-state index in [0.717, 1.165) is 9.56 Å². The van der Waals surface area contributed by atoms with Crippen LogP contribution in [0.1, 0.15) is 54.1 Å². The largest absolute Gasteiger partial charge is 0.410 e. The standard InChI is InChI=1S/C16H18ClF3N4OS/c1-3-8(2)21-15(25)13-12(17)14-22-9(10-5-4-6-26-10)7-11(16(18,19)20)24(14)23-13/h4-6,8-9,11,22H,3,7H2,1-2H3,(H,21,25)/t8-,9+,11-/m0/s1. The smallest absolute Gasteiger partial charge is 0.361 e. The number of amides is 1. The van der Waals surface area contributed by atoms with Crippen molar-refractivity contribution < 1.29 is 18.0 Å². The number of hydrogen-bond acceptors (Lipinski definition) is 4. The van der Waals surface area contributed by atoms with Gasteiger partial charge in [0.1, 0.15) is 10.8 Å². The van der Waals surface area contributed by atoms with Crippen molar-refractivity contribution in [1.29, 1.82) is 0 Å². The van der Waals surface area contributed by atoms with Crippen molar-refractivity contribution in [2.45, 2.75) is 51.0 Å². The topological polar surface area (TPSA) is 59.0 Å². The van der Waals surface area contributed by atoms with Crippen LogP contribution in [-0.2, 0) is 0 Å². The van der Waals surface area contributed by atoms with E-state index in [2.05, 4.69) is 15.7 Å². The van der Waals surface area contributed by atoms with Gasteiger partial charge in [0, 0.05) is 17.3 Å². The number of nitrogens with one attached hydrogen (secondary N) is 2. The minimum atomic E-state index is -4.51. The zero-order valence-electron chi connectivity index (χ0n) is 14.1. The zero-order chi connectivity index (χ0) is 19.1. The fourth-order valence-corrected chi connectivity index (χ4v) is 3.86. The number of thiophene rings is 1. The lowest BCUT2D eigenvalue weighted by Gasteiger charge is -2.32. The molecule has 3 atom stereocenters. The molecular weight excluding hydrogens is 389 g/mol. The lowest BCUT2D eigenvalue weighted by Crippen LogP contribution is -2.36. The van der Waals surface area contributed by atoms with Crippen LogP contribution in [0, 0.1) is 0 Å². The van der Waals surface area contributed by atoms with Crippen LogP contribution in [0.25, 0.3) is 0 Å². The van der Waals surface area contributed by atoms with E-state index in [1.54, 1.807) is 24.4 Å². The highest BCUT2D eigenvalue weighted by Gasteiger charge is 2.48. The molecule has 2 N–H and O–H groups in total. The summed E-state index contributed by atoms with van der Waals surface area (Å²) < 4.78 is 41.6. The van der Waals surface area contributed by atoms with Crippen molar-refractivity contribution in [2.75, 3.05) is 5.32 Å². The lowest BCUT2D eigenvalue weighted by atomic mass is 10.0. The number of carbonyl (C=O) groups is 1. The molecule has 2 aromatic heterocycles. The average Bonchev–Trinajstić information content (AvgIpc) is 3.21. The number of fused-ring (bicyclic) bond motifs is 1. The molecule has 0 spiro atoms. The van der Waals surface area contributed by atoms with Gasteiger partial charge in [-0.05, 0) is 24.8 Å². The lowest BCUT2D eigenvalue weighted by molar-refractivity contribution is -0.173. The van der Waals surface area contributed by atoms with E-state index in [9.17, 15) is 18.0 Å². The molecule has 1 amide bonds. The van der Waals surface area contributed by atoms with E-state index in [4.69, 9.17) is 11.6 Å². The van der Waals surface area contributed by atoms with Crippen LogP contribution in [0.5, 0.6) is 0 Å². The fraction of sp³-hybridized carbons (Fsp3) is 0.500. The molecule has 0 unspecified atom stereocenters. The third-order valence-corrected chi connectivity index (χ3v) is 5.73. The quantitative estimate of drug-likeness (QED) is 0.767. The number of rotatable bonds is 4. The van der Waals surface area contributed by atoms with Crippen molar-refractivity contribution in [3.8, 4) is 0 Å². The summed E-state index contributed by atoms with van der Waals surface area (Å²) in [4.78, 5) is 13.1. The first kappa shape index (κ1) is 19.0. The summed E-state index contributed by atoms with van der Waals surface area (Å²) in [7, 11) is 0. The first-order chi connectivity index (χ1) is 12.2.